The summed E-state index contributed by atoms with van der Waals surface area (Å²) in [5.41, 5.74) is 11.3. The number of rotatable bonds is 32. The number of aliphatic hydroxyl groups is 1. The van der Waals surface area contributed by atoms with Crippen molar-refractivity contribution < 1.29 is 82.8 Å². The van der Waals surface area contributed by atoms with Crippen molar-refractivity contribution >= 4 is 89.5 Å². The number of nitrogens with zero attached hydrogens (tertiary/aromatic N) is 1. The monoisotopic (exact) mass is 1090 g/mol. The van der Waals surface area contributed by atoms with Gasteiger partial charge in [0, 0.05) is 25.1 Å². The van der Waals surface area contributed by atoms with E-state index in [4.69, 9.17) is 16.6 Å². The average molecular weight is 1100 g/mol. The summed E-state index contributed by atoms with van der Waals surface area (Å²) in [6.07, 6.45) is -1.82. The van der Waals surface area contributed by atoms with Gasteiger partial charge < -0.3 is 84.6 Å². The molecule has 1 aromatic carbocycles. The summed E-state index contributed by atoms with van der Waals surface area (Å²) in [5, 5.41) is 58.9. The molecule has 29 nitrogen and oxygen atoms in total. The van der Waals surface area contributed by atoms with Crippen LogP contribution in [0.15, 0.2) is 24.3 Å². The molecule has 0 aromatic heterocycles. The molecule has 0 unspecified atom stereocenters. The number of nitrogens with one attached hydrogen (secondary N) is 9. The Morgan fingerprint density at radius 2 is 1.24 bits per heavy atom. The highest BCUT2D eigenvalue weighted by Crippen LogP contribution is 2.20. The van der Waals surface area contributed by atoms with Crippen LogP contribution >= 0.6 is 12.6 Å². The van der Waals surface area contributed by atoms with Crippen LogP contribution in [0.25, 0.3) is 0 Å². The summed E-state index contributed by atoms with van der Waals surface area (Å²) < 4.78 is 0. The number of likely N-dealkylation sites (tertiary alicyclic amines) is 1. The summed E-state index contributed by atoms with van der Waals surface area (Å²) in [4.78, 5) is 168. The van der Waals surface area contributed by atoms with Crippen molar-refractivity contribution in [1.29, 1.82) is 0 Å². The molecule has 1 heterocycles. The Bertz CT molecular complexity index is 2270. The van der Waals surface area contributed by atoms with E-state index in [1.807, 2.05) is 0 Å². The Morgan fingerprint density at radius 1 is 0.684 bits per heavy atom. The Morgan fingerprint density at radius 3 is 1.80 bits per heavy atom. The van der Waals surface area contributed by atoms with Crippen LogP contribution < -0.4 is 59.3 Å². The lowest BCUT2D eigenvalue weighted by atomic mass is 10.0. The molecule has 0 aliphatic carbocycles. The van der Waals surface area contributed by atoms with Crippen molar-refractivity contribution in [3.05, 3.63) is 29.8 Å². The standard InChI is InChI=1S/C46H70N12O17S/c1-22(2)14-30(46(74)75)55-42(70)31(21-76)56-41(69)28(15-24-7-9-25(60)10-8-24)52-35(63)18-49-34(62)17-51-43(71)32-6-5-13-58(32)45(73)29(16-33(48)61)54-40(68)27(11-12-37(65)66)53-44(72)38(23(3)4)57-36(64)19-50-39(67)26(47)20-59/h7-10,22-23,26-32,38,59-60,76H,5-6,11-21,47H2,1-4H3,(H2,48,61)(H,49,62)(H,50,67)(H,51,71)(H,52,63)(H,53,72)(H,54,68)(H,55,70)(H,56,69)(H,57,64)(H,65,66)(H,74,75)/t26-,27-,28-,29-,30-,31-,32-,38-/m0/s1. The number of phenols is 1. The number of carboxylic acids is 2. The van der Waals surface area contributed by atoms with Gasteiger partial charge in [-0.15, -0.1) is 0 Å². The van der Waals surface area contributed by atoms with Gasteiger partial charge in [-0.1, -0.05) is 39.8 Å². The summed E-state index contributed by atoms with van der Waals surface area (Å²) in [5.74, 6) is -14.0. The van der Waals surface area contributed by atoms with Crippen molar-refractivity contribution in [1.82, 2.24) is 52.8 Å². The Labute approximate surface area is 442 Å². The second kappa shape index (κ2) is 32.0. The normalized spacial score (nSPS) is 15.8. The molecule has 17 N–H and O–H groups in total. The summed E-state index contributed by atoms with van der Waals surface area (Å²) in [7, 11) is 0. The van der Waals surface area contributed by atoms with Crippen molar-refractivity contribution in [3.63, 3.8) is 0 Å². The number of hydrogen-bond donors (Lipinski definition) is 16. The fraction of sp³-hybridized carbons (Fsp3) is 0.587. The lowest BCUT2D eigenvalue weighted by Gasteiger charge is -2.30. The Kier molecular flexibility index (Phi) is 27.1. The number of aromatic hydroxyl groups is 1. The SMILES string of the molecule is CC(C)C[C@H](NC(=O)[C@H](CS)NC(=O)[C@H](Cc1ccc(O)cc1)NC(=O)CNC(=O)CNC(=O)[C@@H]1CCCN1C(=O)[C@H](CC(N)=O)NC(=O)[C@H](CCC(=O)O)NC(=O)[C@@H](NC(=O)CNC(=O)[C@@H](N)CO)C(C)C)C(=O)O. The second-order valence-electron chi connectivity index (χ2n) is 18.5. The van der Waals surface area contributed by atoms with E-state index in [2.05, 4.69) is 60.5 Å². The molecule has 1 saturated heterocycles. The zero-order valence-electron chi connectivity index (χ0n) is 42.4. The van der Waals surface area contributed by atoms with E-state index in [1.54, 1.807) is 13.8 Å². The Hall–Kier alpha value is -7.60. The van der Waals surface area contributed by atoms with E-state index in [1.165, 1.54) is 38.1 Å². The molecular weight excluding hydrogens is 1020 g/mol. The highest BCUT2D eigenvalue weighted by Gasteiger charge is 2.40. The minimum absolute atomic E-state index is 0.0503. The molecule has 1 aliphatic rings. The number of aliphatic carboxylic acids is 2. The average Bonchev–Trinajstić information content (AvgIpc) is 3.85. The van der Waals surface area contributed by atoms with Crippen molar-refractivity contribution in [3.8, 4) is 5.75 Å². The molecule has 1 aliphatic heterocycles. The maximum atomic E-state index is 14.0. The molecule has 422 valence electrons. The number of carboxylic acid groups (broad SMARTS) is 2. The fourth-order valence-corrected chi connectivity index (χ4v) is 7.65. The molecule has 0 radical (unpaired) electrons. The van der Waals surface area contributed by atoms with E-state index in [9.17, 15) is 77.6 Å². The van der Waals surface area contributed by atoms with Crippen LogP contribution in [-0.2, 0) is 68.7 Å². The largest absolute Gasteiger partial charge is 0.508 e. The zero-order valence-corrected chi connectivity index (χ0v) is 43.3. The Balaban J connectivity index is 2.14. The van der Waals surface area contributed by atoms with Crippen LogP contribution in [-0.4, -0.2) is 189 Å². The number of thiol groups is 1. The van der Waals surface area contributed by atoms with Gasteiger partial charge in [0.15, 0.2) is 0 Å². The predicted octanol–water partition coefficient (Wildman–Crippen LogP) is -6.04. The molecule has 76 heavy (non-hydrogen) atoms. The van der Waals surface area contributed by atoms with Gasteiger partial charge in [-0.3, -0.25) is 57.5 Å². The minimum atomic E-state index is -1.75. The van der Waals surface area contributed by atoms with Crippen molar-refractivity contribution in [2.24, 2.45) is 23.3 Å². The fourth-order valence-electron chi connectivity index (χ4n) is 7.40. The lowest BCUT2D eigenvalue weighted by Crippen LogP contribution is -2.60. The van der Waals surface area contributed by atoms with E-state index < -0.39 is 177 Å². The first kappa shape index (κ1) is 64.5. The molecule has 2 rings (SSSR count). The van der Waals surface area contributed by atoms with Gasteiger partial charge in [-0.25, -0.2) is 4.79 Å². The quantitative estimate of drug-likeness (QED) is 0.0299. The number of nitrogens with two attached hydrogens (primary N) is 2. The topological polar surface area (TPSA) is 466 Å². The summed E-state index contributed by atoms with van der Waals surface area (Å²) in [6, 6.07) is -5.74. The number of benzene rings is 1. The van der Waals surface area contributed by atoms with Gasteiger partial charge in [0.25, 0.3) is 0 Å². The second-order valence-corrected chi connectivity index (χ2v) is 18.8. The number of phenolic OH excluding ortho intramolecular Hbond substituents is 1. The summed E-state index contributed by atoms with van der Waals surface area (Å²) >= 11 is 4.13. The van der Waals surface area contributed by atoms with Gasteiger partial charge in [-0.2, -0.15) is 12.6 Å². The first-order chi connectivity index (χ1) is 35.7. The maximum Gasteiger partial charge on any atom is 0.326 e. The first-order valence-corrected chi connectivity index (χ1v) is 24.7. The molecule has 0 spiro atoms. The zero-order chi connectivity index (χ0) is 57.4. The first-order valence-electron chi connectivity index (χ1n) is 24.1. The van der Waals surface area contributed by atoms with Crippen LogP contribution in [0.5, 0.6) is 5.75 Å². The number of aliphatic hydroxyl groups excluding tert-OH is 1. The van der Waals surface area contributed by atoms with Crippen LogP contribution in [0.1, 0.15) is 71.8 Å². The third-order valence-electron chi connectivity index (χ3n) is 11.4. The van der Waals surface area contributed by atoms with Gasteiger partial charge in [0.1, 0.15) is 54.1 Å². The smallest absolute Gasteiger partial charge is 0.326 e. The van der Waals surface area contributed by atoms with Crippen LogP contribution in [0.3, 0.4) is 0 Å². The molecule has 1 fully saturated rings. The van der Waals surface area contributed by atoms with Gasteiger partial charge in [0.2, 0.25) is 65.0 Å². The minimum Gasteiger partial charge on any atom is -0.508 e. The van der Waals surface area contributed by atoms with Crippen LogP contribution in [0, 0.1) is 11.8 Å². The number of amides is 11. The number of carbonyl (C=O) groups excluding carboxylic acids is 11. The molecule has 0 saturated carbocycles. The molecular formula is C46H70N12O17S. The number of carbonyl (C=O) groups is 13. The molecule has 0 bridgehead atoms. The van der Waals surface area contributed by atoms with Crippen molar-refractivity contribution in [2.75, 3.05) is 38.5 Å². The van der Waals surface area contributed by atoms with Crippen LogP contribution in [0.2, 0.25) is 0 Å². The number of hydrogen-bond acceptors (Lipinski definition) is 17. The molecule has 11 amide bonds. The third kappa shape index (κ3) is 22.5. The maximum absolute atomic E-state index is 14.0. The molecule has 1 aromatic rings. The van der Waals surface area contributed by atoms with Crippen molar-refractivity contribution in [2.45, 2.75) is 121 Å². The van der Waals surface area contributed by atoms with Gasteiger partial charge in [0.05, 0.1) is 32.7 Å². The lowest BCUT2D eigenvalue weighted by molar-refractivity contribution is -0.143. The van der Waals surface area contributed by atoms with Crippen LogP contribution in [0.4, 0.5) is 0 Å². The highest BCUT2D eigenvalue weighted by atomic mass is 32.1. The number of primary amides is 1. The third-order valence-corrected chi connectivity index (χ3v) is 11.8. The highest BCUT2D eigenvalue weighted by molar-refractivity contribution is 7.80. The van der Waals surface area contributed by atoms with E-state index in [-0.39, 0.29) is 49.6 Å². The van der Waals surface area contributed by atoms with E-state index >= 15 is 0 Å². The van der Waals surface area contributed by atoms with Gasteiger partial charge in [-0.05, 0) is 55.2 Å². The van der Waals surface area contributed by atoms with Gasteiger partial charge >= 0.3 is 11.9 Å². The molecule has 30 heteroatoms. The van der Waals surface area contributed by atoms with E-state index in [0.717, 1.165) is 4.90 Å². The summed E-state index contributed by atoms with van der Waals surface area (Å²) in [6.45, 7) is 3.68. The van der Waals surface area contributed by atoms with E-state index in [0.29, 0.717) is 5.56 Å². The molecule has 8 atom stereocenters. The predicted molar refractivity (Wildman–Crippen MR) is 269 cm³/mol.